The summed E-state index contributed by atoms with van der Waals surface area (Å²) in [6.07, 6.45) is 0. The highest BCUT2D eigenvalue weighted by atomic mass is 35.5. The molecule has 2 heterocycles. The number of fused-ring (bicyclic) bond motifs is 2. The number of amides is 2. The number of benzene rings is 4. The zero-order chi connectivity index (χ0) is 29.6. The van der Waals surface area contributed by atoms with E-state index in [9.17, 15) is 22.4 Å². The number of sulfone groups is 1. The Morgan fingerprint density at radius 3 is 2.33 bits per heavy atom. The second-order valence-corrected chi connectivity index (χ2v) is 12.7. The summed E-state index contributed by atoms with van der Waals surface area (Å²) in [6, 6.07) is 22.0. The highest BCUT2D eigenvalue weighted by Gasteiger charge is 2.37. The summed E-state index contributed by atoms with van der Waals surface area (Å²) in [5.74, 6) is -1.39. The molecule has 214 valence electrons. The van der Waals surface area contributed by atoms with Gasteiger partial charge in [-0.1, -0.05) is 48.0 Å². The number of nitrogens with zero attached hydrogens (tertiary/aromatic N) is 3. The van der Waals surface area contributed by atoms with E-state index < -0.39 is 21.6 Å². The maximum atomic E-state index is 14.7. The number of piperazine rings is 1. The van der Waals surface area contributed by atoms with E-state index in [-0.39, 0.29) is 44.6 Å². The Kier molecular flexibility index (Phi) is 7.24. The van der Waals surface area contributed by atoms with Gasteiger partial charge in [-0.15, -0.1) is 0 Å². The summed E-state index contributed by atoms with van der Waals surface area (Å²) in [4.78, 5) is 32.4. The average molecular weight is 604 g/mol. The minimum atomic E-state index is -4.12. The summed E-state index contributed by atoms with van der Waals surface area (Å²) in [5.41, 5.74) is 2.61. The van der Waals surface area contributed by atoms with Gasteiger partial charge in [-0.25, -0.2) is 12.8 Å². The Balaban J connectivity index is 1.35. The second kappa shape index (κ2) is 10.9. The number of hydrogen-bond acceptors (Lipinski definition) is 5. The molecule has 0 aliphatic carbocycles. The summed E-state index contributed by atoms with van der Waals surface area (Å²) >= 11 is 6.21. The Morgan fingerprint density at radius 2 is 1.57 bits per heavy atom. The number of anilines is 2. The van der Waals surface area contributed by atoms with Crippen LogP contribution < -0.4 is 9.80 Å². The molecule has 0 atom stereocenters. The smallest absolute Gasteiger partial charge is 0.259 e. The van der Waals surface area contributed by atoms with Crippen molar-refractivity contribution in [2.24, 2.45) is 0 Å². The summed E-state index contributed by atoms with van der Waals surface area (Å²) in [7, 11) is -4.12. The van der Waals surface area contributed by atoms with E-state index in [1.165, 1.54) is 41.3 Å². The molecule has 1 saturated heterocycles. The van der Waals surface area contributed by atoms with Gasteiger partial charge >= 0.3 is 0 Å². The Labute approximate surface area is 248 Å². The number of carbonyl (C=O) groups excluding carboxylic acids is 2. The first-order valence-corrected chi connectivity index (χ1v) is 15.3. The van der Waals surface area contributed by atoms with Crippen molar-refractivity contribution in [2.75, 3.05) is 36.0 Å². The third kappa shape index (κ3) is 4.92. The van der Waals surface area contributed by atoms with E-state index in [1.54, 1.807) is 35.2 Å². The first kappa shape index (κ1) is 27.9. The molecule has 10 heteroatoms. The van der Waals surface area contributed by atoms with E-state index >= 15 is 0 Å². The van der Waals surface area contributed by atoms with E-state index in [2.05, 4.69) is 4.90 Å². The van der Waals surface area contributed by atoms with Crippen LogP contribution in [0.25, 0.3) is 0 Å². The lowest BCUT2D eigenvalue weighted by molar-refractivity contribution is 0.0746. The van der Waals surface area contributed by atoms with E-state index in [0.29, 0.717) is 31.2 Å². The van der Waals surface area contributed by atoms with Crippen molar-refractivity contribution >= 4 is 44.6 Å². The molecule has 0 unspecified atom stereocenters. The highest BCUT2D eigenvalue weighted by molar-refractivity contribution is 7.91. The van der Waals surface area contributed by atoms with Crippen LogP contribution in [0.3, 0.4) is 0 Å². The summed E-state index contributed by atoms with van der Waals surface area (Å²) in [6.45, 7) is 3.89. The molecule has 0 spiro atoms. The topological polar surface area (TPSA) is 78.0 Å². The molecule has 1 fully saturated rings. The van der Waals surface area contributed by atoms with Gasteiger partial charge in [0.1, 0.15) is 5.82 Å². The van der Waals surface area contributed by atoms with Gasteiger partial charge in [-0.3, -0.25) is 9.59 Å². The SMILES string of the molecule is Cc1ccc(Cl)cc1N1CCN(C(=O)c2ccc3c(c2)N(Cc2ccccc2F)C(=O)c2ccccc2S3(=O)=O)CC1. The molecule has 0 N–H and O–H groups in total. The third-order valence-corrected chi connectivity index (χ3v) is 9.90. The van der Waals surface area contributed by atoms with Crippen molar-refractivity contribution < 1.29 is 22.4 Å². The molecule has 0 radical (unpaired) electrons. The van der Waals surface area contributed by atoms with Gasteiger partial charge in [-0.05, 0) is 61.0 Å². The first-order valence-electron chi connectivity index (χ1n) is 13.5. The van der Waals surface area contributed by atoms with Gasteiger partial charge in [0.2, 0.25) is 9.84 Å². The molecule has 42 heavy (non-hydrogen) atoms. The Bertz CT molecular complexity index is 1840. The standard InChI is InChI=1S/C32H27ClFN3O4S/c1-21-10-12-24(33)19-27(21)35-14-16-36(17-15-35)31(38)22-11-13-30-28(18-22)37(20-23-6-2-4-8-26(23)34)32(39)25-7-3-5-9-29(25)42(30,40)41/h2-13,18-19H,14-17,20H2,1H3. The Hall–Kier alpha value is -4.21. The molecule has 0 aromatic heterocycles. The molecule has 4 aromatic rings. The van der Waals surface area contributed by atoms with Crippen LogP contribution in [-0.2, 0) is 16.4 Å². The molecule has 2 aliphatic heterocycles. The quantitative estimate of drug-likeness (QED) is 0.297. The van der Waals surface area contributed by atoms with Gasteiger partial charge < -0.3 is 14.7 Å². The van der Waals surface area contributed by atoms with Gasteiger partial charge in [0, 0.05) is 48.0 Å². The molecule has 0 saturated carbocycles. The molecule has 2 aliphatic rings. The predicted octanol–water partition coefficient (Wildman–Crippen LogP) is 5.74. The van der Waals surface area contributed by atoms with Crippen LogP contribution in [0.4, 0.5) is 15.8 Å². The maximum Gasteiger partial charge on any atom is 0.259 e. The fourth-order valence-corrected chi connectivity index (χ4v) is 7.35. The van der Waals surface area contributed by atoms with E-state index in [1.807, 2.05) is 25.1 Å². The van der Waals surface area contributed by atoms with Crippen molar-refractivity contribution in [3.8, 4) is 0 Å². The monoisotopic (exact) mass is 603 g/mol. The average Bonchev–Trinajstić information content (AvgIpc) is 3.07. The zero-order valence-corrected chi connectivity index (χ0v) is 24.3. The normalized spacial score (nSPS) is 16.1. The fourth-order valence-electron chi connectivity index (χ4n) is 5.55. The van der Waals surface area contributed by atoms with Crippen LogP contribution in [0, 0.1) is 12.7 Å². The summed E-state index contributed by atoms with van der Waals surface area (Å²) in [5, 5.41) is 0.644. The second-order valence-electron chi connectivity index (χ2n) is 10.4. The van der Waals surface area contributed by atoms with Gasteiger partial charge in [0.25, 0.3) is 11.8 Å². The minimum absolute atomic E-state index is 0.00894. The minimum Gasteiger partial charge on any atom is -0.368 e. The first-order chi connectivity index (χ1) is 20.1. The van der Waals surface area contributed by atoms with Crippen molar-refractivity contribution in [3.63, 3.8) is 0 Å². The molecular weight excluding hydrogens is 577 g/mol. The van der Waals surface area contributed by atoms with Gasteiger partial charge in [0.15, 0.2) is 0 Å². The van der Waals surface area contributed by atoms with Crippen LogP contribution >= 0.6 is 11.6 Å². The van der Waals surface area contributed by atoms with Crippen LogP contribution in [0.5, 0.6) is 0 Å². The third-order valence-electron chi connectivity index (χ3n) is 7.80. The number of hydrogen-bond donors (Lipinski definition) is 0. The van der Waals surface area contributed by atoms with Crippen LogP contribution in [0.15, 0.2) is 94.7 Å². The maximum absolute atomic E-state index is 14.7. The number of aryl methyl sites for hydroxylation is 1. The lowest BCUT2D eigenvalue weighted by atomic mass is 10.1. The van der Waals surface area contributed by atoms with Gasteiger partial charge in [-0.2, -0.15) is 0 Å². The van der Waals surface area contributed by atoms with Crippen LogP contribution in [-0.4, -0.2) is 51.3 Å². The number of rotatable bonds is 4. The van der Waals surface area contributed by atoms with Crippen molar-refractivity contribution in [1.82, 2.24) is 4.90 Å². The fraction of sp³-hybridized carbons (Fsp3) is 0.188. The lowest BCUT2D eigenvalue weighted by Crippen LogP contribution is -2.49. The van der Waals surface area contributed by atoms with Crippen LogP contribution in [0.1, 0.15) is 31.8 Å². The van der Waals surface area contributed by atoms with E-state index in [0.717, 1.165) is 11.3 Å². The summed E-state index contributed by atoms with van der Waals surface area (Å²) < 4.78 is 42.3. The van der Waals surface area contributed by atoms with Crippen LogP contribution in [0.2, 0.25) is 5.02 Å². The predicted molar refractivity (Wildman–Crippen MR) is 160 cm³/mol. The largest absolute Gasteiger partial charge is 0.368 e. The molecular formula is C32H27ClFN3O4S. The number of halogens is 2. The molecule has 0 bridgehead atoms. The zero-order valence-electron chi connectivity index (χ0n) is 22.8. The molecule has 4 aromatic carbocycles. The molecule has 2 amide bonds. The molecule has 6 rings (SSSR count). The Morgan fingerprint density at radius 1 is 0.857 bits per heavy atom. The lowest BCUT2D eigenvalue weighted by Gasteiger charge is -2.37. The van der Waals surface area contributed by atoms with Crippen molar-refractivity contribution in [3.05, 3.63) is 118 Å². The van der Waals surface area contributed by atoms with Crippen molar-refractivity contribution in [2.45, 2.75) is 23.3 Å². The molecule has 7 nitrogen and oxygen atoms in total. The number of carbonyl (C=O) groups is 2. The van der Waals surface area contributed by atoms with Gasteiger partial charge in [0.05, 0.1) is 27.6 Å². The highest BCUT2D eigenvalue weighted by Crippen LogP contribution is 2.38. The van der Waals surface area contributed by atoms with Crippen molar-refractivity contribution in [1.29, 1.82) is 0 Å². The van der Waals surface area contributed by atoms with E-state index in [4.69, 9.17) is 11.6 Å².